The highest BCUT2D eigenvalue weighted by atomic mass is 35.5. The van der Waals surface area contributed by atoms with Crippen LogP contribution < -0.4 is 9.47 Å². The summed E-state index contributed by atoms with van der Waals surface area (Å²) in [4.78, 5) is 0.714. The van der Waals surface area contributed by atoms with Crippen molar-refractivity contribution in [2.24, 2.45) is 5.10 Å². The summed E-state index contributed by atoms with van der Waals surface area (Å²) in [6.45, 7) is 1.78. The van der Waals surface area contributed by atoms with Crippen LogP contribution in [0.25, 0.3) is 6.08 Å². The summed E-state index contributed by atoms with van der Waals surface area (Å²) < 4.78 is 26.5. The fraction of sp³-hybridized carbons (Fsp3) is 0.150. The lowest BCUT2D eigenvalue weighted by atomic mass is 10.1. The van der Waals surface area contributed by atoms with Crippen molar-refractivity contribution in [3.63, 3.8) is 0 Å². The fourth-order valence-electron chi connectivity index (χ4n) is 2.90. The zero-order chi connectivity index (χ0) is 21.4. The number of aromatic nitrogens is 3. The molecule has 0 saturated carbocycles. The third-order valence-electron chi connectivity index (χ3n) is 4.37. The minimum atomic E-state index is -0.583. The summed E-state index contributed by atoms with van der Waals surface area (Å²) in [7, 11) is 3.14. The highest BCUT2D eigenvalue weighted by molar-refractivity contribution is 8.04. The van der Waals surface area contributed by atoms with Crippen molar-refractivity contribution < 1.29 is 13.9 Å². The Morgan fingerprint density at radius 1 is 1.03 bits per heavy atom. The molecule has 0 aliphatic carbocycles. The molecule has 6 nitrogen and oxygen atoms in total. The number of allylic oxidation sites excluding steroid dienone is 1. The first-order valence-electron chi connectivity index (χ1n) is 8.69. The summed E-state index contributed by atoms with van der Waals surface area (Å²) in [6, 6.07) is 8.15. The van der Waals surface area contributed by atoms with Crippen LogP contribution in [0.1, 0.15) is 17.0 Å². The van der Waals surface area contributed by atoms with Crippen LogP contribution in [-0.4, -0.2) is 34.8 Å². The van der Waals surface area contributed by atoms with Gasteiger partial charge in [0, 0.05) is 10.5 Å². The minimum absolute atomic E-state index is 0.0561. The van der Waals surface area contributed by atoms with Gasteiger partial charge in [0.25, 0.3) is 0 Å². The number of aryl methyl sites for hydroxylation is 1. The maximum atomic E-state index is 14.2. The summed E-state index contributed by atoms with van der Waals surface area (Å²) in [5.41, 5.74) is 1.72. The highest BCUT2D eigenvalue weighted by Crippen LogP contribution is 2.38. The molecule has 3 aromatic rings. The summed E-state index contributed by atoms with van der Waals surface area (Å²) >= 11 is 13.6. The summed E-state index contributed by atoms with van der Waals surface area (Å²) in [5, 5.41) is 13.7. The normalized spacial score (nSPS) is 14.5. The van der Waals surface area contributed by atoms with Crippen molar-refractivity contribution in [3.05, 3.63) is 68.1 Å². The molecule has 1 aromatic heterocycles. The Kier molecular flexibility index (Phi) is 5.73. The minimum Gasteiger partial charge on any atom is -0.493 e. The number of thioether (sulfide) groups is 1. The summed E-state index contributed by atoms with van der Waals surface area (Å²) in [5.74, 6) is 1.22. The van der Waals surface area contributed by atoms with Gasteiger partial charge >= 0.3 is 0 Å². The molecule has 1 aliphatic heterocycles. The molecule has 30 heavy (non-hydrogen) atoms. The molecule has 2 aromatic carbocycles. The van der Waals surface area contributed by atoms with E-state index in [9.17, 15) is 4.39 Å². The molecule has 0 saturated heterocycles. The SMILES string of the molecule is COc1ccc(/C=C2\Sc3nnc(C)n3N=C2c2cc(F)c(Cl)cc2Cl)cc1OC. The van der Waals surface area contributed by atoms with E-state index < -0.39 is 5.82 Å². The van der Waals surface area contributed by atoms with E-state index in [1.165, 1.54) is 23.9 Å². The van der Waals surface area contributed by atoms with Gasteiger partial charge in [-0.2, -0.15) is 9.78 Å². The van der Waals surface area contributed by atoms with Crippen molar-refractivity contribution in [3.8, 4) is 11.5 Å². The quantitative estimate of drug-likeness (QED) is 0.480. The average Bonchev–Trinajstić information content (AvgIpc) is 3.10. The van der Waals surface area contributed by atoms with Gasteiger partial charge < -0.3 is 9.47 Å². The van der Waals surface area contributed by atoms with E-state index in [1.54, 1.807) is 31.9 Å². The molecule has 0 atom stereocenters. The van der Waals surface area contributed by atoms with Crippen LogP contribution in [0, 0.1) is 12.7 Å². The second-order valence-corrected chi connectivity index (χ2v) is 8.08. The van der Waals surface area contributed by atoms with Gasteiger partial charge in [-0.15, -0.1) is 10.2 Å². The highest BCUT2D eigenvalue weighted by Gasteiger charge is 2.25. The second kappa shape index (κ2) is 8.29. The Morgan fingerprint density at radius 2 is 1.80 bits per heavy atom. The van der Waals surface area contributed by atoms with E-state index >= 15 is 0 Å². The number of fused-ring (bicyclic) bond motifs is 1. The van der Waals surface area contributed by atoms with Gasteiger partial charge in [0.2, 0.25) is 5.16 Å². The average molecular weight is 465 g/mol. The van der Waals surface area contributed by atoms with Gasteiger partial charge in [0.15, 0.2) is 17.3 Å². The monoisotopic (exact) mass is 464 g/mol. The first-order chi connectivity index (χ1) is 14.4. The van der Waals surface area contributed by atoms with Gasteiger partial charge in [-0.25, -0.2) is 4.39 Å². The molecule has 154 valence electrons. The lowest BCUT2D eigenvalue weighted by Gasteiger charge is -2.18. The van der Waals surface area contributed by atoms with Crippen LogP contribution in [-0.2, 0) is 0 Å². The smallest absolute Gasteiger partial charge is 0.216 e. The number of benzene rings is 2. The summed E-state index contributed by atoms with van der Waals surface area (Å²) in [6.07, 6.45) is 1.89. The molecule has 1 aliphatic rings. The van der Waals surface area contributed by atoms with E-state index in [4.69, 9.17) is 32.7 Å². The number of hydrogen-bond donors (Lipinski definition) is 0. The van der Waals surface area contributed by atoms with Crippen LogP contribution in [0.5, 0.6) is 11.5 Å². The van der Waals surface area contributed by atoms with Crippen molar-refractivity contribution in [2.45, 2.75) is 12.1 Å². The van der Waals surface area contributed by atoms with E-state index in [1.807, 2.05) is 18.2 Å². The Balaban J connectivity index is 1.88. The number of ether oxygens (including phenoxy) is 2. The third-order valence-corrected chi connectivity index (χ3v) is 5.94. The number of methoxy groups -OCH3 is 2. The molecule has 0 radical (unpaired) electrons. The van der Waals surface area contributed by atoms with E-state index in [0.29, 0.717) is 38.7 Å². The number of nitrogens with zero attached hydrogens (tertiary/aromatic N) is 4. The molecule has 0 fully saturated rings. The fourth-order valence-corrected chi connectivity index (χ4v) is 4.35. The van der Waals surface area contributed by atoms with Crippen LogP contribution in [0.4, 0.5) is 4.39 Å². The van der Waals surface area contributed by atoms with Gasteiger partial charge in [-0.05, 0) is 54.6 Å². The van der Waals surface area contributed by atoms with Gasteiger partial charge in [-0.3, -0.25) is 0 Å². The van der Waals surface area contributed by atoms with Crippen molar-refractivity contribution >= 4 is 46.8 Å². The van der Waals surface area contributed by atoms with Crippen LogP contribution in [0.15, 0.2) is 45.5 Å². The molecular weight excluding hydrogens is 450 g/mol. The molecule has 4 rings (SSSR count). The lowest BCUT2D eigenvalue weighted by molar-refractivity contribution is 0.355. The third kappa shape index (κ3) is 3.78. The van der Waals surface area contributed by atoms with Crippen molar-refractivity contribution in [1.29, 1.82) is 0 Å². The lowest BCUT2D eigenvalue weighted by Crippen LogP contribution is -2.13. The molecule has 10 heteroatoms. The Bertz CT molecular complexity index is 1210. The molecule has 0 amide bonds. The predicted octanol–water partition coefficient (Wildman–Crippen LogP) is 5.45. The van der Waals surface area contributed by atoms with Crippen LogP contribution >= 0.6 is 35.0 Å². The van der Waals surface area contributed by atoms with E-state index in [-0.39, 0.29) is 10.0 Å². The largest absolute Gasteiger partial charge is 0.493 e. The van der Waals surface area contributed by atoms with Gasteiger partial charge in [0.1, 0.15) is 11.5 Å². The van der Waals surface area contributed by atoms with E-state index in [2.05, 4.69) is 15.3 Å². The van der Waals surface area contributed by atoms with Crippen LogP contribution in [0.3, 0.4) is 0 Å². The van der Waals surface area contributed by atoms with E-state index in [0.717, 1.165) is 5.56 Å². The first kappa shape index (κ1) is 20.7. The number of rotatable bonds is 4. The molecule has 0 N–H and O–H groups in total. The standard InChI is InChI=1S/C20H15Cl2FN4O2S/c1-10-24-25-20-27(10)26-19(12-8-15(23)14(22)9-13(12)21)18(30-20)7-11-4-5-16(28-2)17(6-11)29-3/h4-9H,1-3H3/b18-7-. The molecule has 2 heterocycles. The van der Waals surface area contributed by atoms with Gasteiger partial charge in [-0.1, -0.05) is 29.3 Å². The molecule has 0 unspecified atom stereocenters. The first-order valence-corrected chi connectivity index (χ1v) is 10.3. The maximum Gasteiger partial charge on any atom is 0.216 e. The molecular formula is C20H15Cl2FN4O2S. The van der Waals surface area contributed by atoms with Crippen molar-refractivity contribution in [1.82, 2.24) is 14.9 Å². The zero-order valence-corrected chi connectivity index (χ0v) is 18.4. The molecule has 0 bridgehead atoms. The van der Waals surface area contributed by atoms with Crippen LogP contribution in [0.2, 0.25) is 10.0 Å². The molecule has 0 spiro atoms. The topological polar surface area (TPSA) is 61.5 Å². The predicted molar refractivity (Wildman–Crippen MR) is 116 cm³/mol. The van der Waals surface area contributed by atoms with Gasteiger partial charge in [0.05, 0.1) is 24.3 Å². The Labute approximate surface area is 186 Å². The zero-order valence-electron chi connectivity index (χ0n) is 16.1. The Hall–Kier alpha value is -2.55. The maximum absolute atomic E-state index is 14.2. The number of halogens is 3. The Morgan fingerprint density at radius 3 is 2.53 bits per heavy atom. The number of hydrogen-bond acceptors (Lipinski definition) is 6. The van der Waals surface area contributed by atoms with Crippen molar-refractivity contribution in [2.75, 3.05) is 14.2 Å². The second-order valence-electron chi connectivity index (χ2n) is 6.26.